The number of pyridine rings is 1. The van der Waals surface area contributed by atoms with Crippen LogP contribution in [0.25, 0.3) is 22.4 Å². The molecule has 0 aliphatic rings. The number of imidazole rings is 1. The van der Waals surface area contributed by atoms with Gasteiger partial charge in [0.25, 0.3) is 0 Å². The lowest BCUT2D eigenvalue weighted by molar-refractivity contribution is 0.584. The van der Waals surface area contributed by atoms with Crippen LogP contribution in [0.4, 0.5) is 4.39 Å². The Bertz CT molecular complexity index is 688. The van der Waals surface area contributed by atoms with E-state index in [1.54, 1.807) is 6.07 Å². The molecule has 84 valence electrons. The molecule has 0 saturated heterocycles. The summed E-state index contributed by atoms with van der Waals surface area (Å²) in [4.78, 5) is 8.04. The Morgan fingerprint density at radius 3 is 2.76 bits per heavy atom. The van der Waals surface area contributed by atoms with Crippen molar-refractivity contribution in [1.29, 1.82) is 0 Å². The smallest absolute Gasteiger partial charge is 0.213 e. The van der Waals surface area contributed by atoms with Crippen LogP contribution in [0.2, 0.25) is 0 Å². The molecule has 0 saturated carbocycles. The zero-order valence-electron chi connectivity index (χ0n) is 9.26. The molecule has 3 aromatic rings. The molecule has 1 aromatic carbocycles. The molecule has 0 aliphatic carbocycles. The minimum absolute atomic E-state index is 0.491. The van der Waals surface area contributed by atoms with Crippen LogP contribution in [0.3, 0.4) is 0 Å². The van der Waals surface area contributed by atoms with Crippen LogP contribution in [0, 0.1) is 5.95 Å². The summed E-state index contributed by atoms with van der Waals surface area (Å²) in [5.41, 5.74) is 2.66. The maximum Gasteiger partial charge on any atom is 0.213 e. The second-order valence-corrected chi connectivity index (χ2v) is 3.85. The highest BCUT2D eigenvalue weighted by Gasteiger charge is 2.09. The SMILES string of the molecule is Cn1c(-c2ccnc(F)c2)nc2ccccc21. The van der Waals surface area contributed by atoms with Gasteiger partial charge in [-0.1, -0.05) is 12.1 Å². The molecular weight excluding hydrogens is 217 g/mol. The van der Waals surface area contributed by atoms with Crippen LogP contribution in [0.1, 0.15) is 0 Å². The third-order valence-corrected chi connectivity index (χ3v) is 2.77. The first kappa shape index (κ1) is 9.96. The van der Waals surface area contributed by atoms with E-state index >= 15 is 0 Å². The first-order chi connectivity index (χ1) is 8.25. The topological polar surface area (TPSA) is 30.7 Å². The fourth-order valence-electron chi connectivity index (χ4n) is 1.95. The summed E-state index contributed by atoms with van der Waals surface area (Å²) < 4.78 is 15.0. The van der Waals surface area contributed by atoms with E-state index in [1.165, 1.54) is 12.3 Å². The molecule has 3 nitrogen and oxygen atoms in total. The van der Waals surface area contributed by atoms with Gasteiger partial charge in [-0.05, 0) is 18.2 Å². The van der Waals surface area contributed by atoms with Gasteiger partial charge in [0.1, 0.15) is 5.82 Å². The van der Waals surface area contributed by atoms with Crippen LogP contribution in [-0.2, 0) is 7.05 Å². The number of aryl methyl sites for hydroxylation is 1. The van der Waals surface area contributed by atoms with E-state index < -0.39 is 5.95 Å². The van der Waals surface area contributed by atoms with Gasteiger partial charge in [-0.3, -0.25) is 0 Å². The third kappa shape index (κ3) is 1.58. The molecule has 0 N–H and O–H groups in total. The largest absolute Gasteiger partial charge is 0.327 e. The number of nitrogens with zero attached hydrogens (tertiary/aromatic N) is 3. The summed E-state index contributed by atoms with van der Waals surface area (Å²) in [7, 11) is 1.92. The molecule has 0 amide bonds. The van der Waals surface area contributed by atoms with Crippen molar-refractivity contribution < 1.29 is 4.39 Å². The number of halogens is 1. The summed E-state index contributed by atoms with van der Waals surface area (Å²) in [5.74, 6) is 0.252. The number of hydrogen-bond donors (Lipinski definition) is 0. The first-order valence-electron chi connectivity index (χ1n) is 5.29. The summed E-state index contributed by atoms with van der Waals surface area (Å²) in [5, 5.41) is 0. The van der Waals surface area contributed by atoms with Crippen LogP contribution < -0.4 is 0 Å². The van der Waals surface area contributed by atoms with Crippen molar-refractivity contribution in [1.82, 2.24) is 14.5 Å². The molecular formula is C13H10FN3. The number of hydrogen-bond acceptors (Lipinski definition) is 2. The van der Waals surface area contributed by atoms with Crippen LogP contribution in [0.5, 0.6) is 0 Å². The molecule has 0 aliphatic heterocycles. The Balaban J connectivity index is 2.27. The maximum absolute atomic E-state index is 13.1. The lowest BCUT2D eigenvalue weighted by Gasteiger charge is -2.01. The van der Waals surface area contributed by atoms with Crippen LogP contribution in [0.15, 0.2) is 42.6 Å². The third-order valence-electron chi connectivity index (χ3n) is 2.77. The van der Waals surface area contributed by atoms with Gasteiger partial charge in [0.2, 0.25) is 5.95 Å². The van der Waals surface area contributed by atoms with Gasteiger partial charge in [-0.15, -0.1) is 0 Å². The first-order valence-corrected chi connectivity index (χ1v) is 5.29. The molecule has 0 radical (unpaired) electrons. The van der Waals surface area contributed by atoms with Gasteiger partial charge in [0.15, 0.2) is 0 Å². The van der Waals surface area contributed by atoms with Crippen molar-refractivity contribution in [3.8, 4) is 11.4 Å². The number of fused-ring (bicyclic) bond motifs is 1. The quantitative estimate of drug-likeness (QED) is 0.598. The highest BCUT2D eigenvalue weighted by Crippen LogP contribution is 2.23. The molecule has 0 atom stereocenters. The Morgan fingerprint density at radius 1 is 1.18 bits per heavy atom. The van der Waals surface area contributed by atoms with Crippen molar-refractivity contribution in [3.63, 3.8) is 0 Å². The van der Waals surface area contributed by atoms with Gasteiger partial charge >= 0.3 is 0 Å². The molecule has 0 bridgehead atoms. The highest BCUT2D eigenvalue weighted by atomic mass is 19.1. The molecule has 17 heavy (non-hydrogen) atoms. The fourth-order valence-corrected chi connectivity index (χ4v) is 1.95. The van der Waals surface area contributed by atoms with Crippen molar-refractivity contribution in [2.24, 2.45) is 7.05 Å². The Morgan fingerprint density at radius 2 is 2.00 bits per heavy atom. The molecule has 2 aromatic heterocycles. The van der Waals surface area contributed by atoms with Gasteiger partial charge in [0.05, 0.1) is 11.0 Å². The molecule has 0 unspecified atom stereocenters. The number of para-hydroxylation sites is 2. The van der Waals surface area contributed by atoms with Gasteiger partial charge in [-0.2, -0.15) is 4.39 Å². The Labute approximate surface area is 97.6 Å². The number of rotatable bonds is 1. The molecule has 0 spiro atoms. The summed E-state index contributed by atoms with van der Waals surface area (Å²) in [6.45, 7) is 0. The van der Waals surface area contributed by atoms with E-state index in [0.29, 0.717) is 0 Å². The predicted octanol–water partition coefficient (Wildman–Crippen LogP) is 2.77. The average Bonchev–Trinajstić information content (AvgIpc) is 2.68. The lowest BCUT2D eigenvalue weighted by atomic mass is 10.2. The van der Waals surface area contributed by atoms with Gasteiger partial charge < -0.3 is 4.57 Å². The minimum Gasteiger partial charge on any atom is -0.327 e. The van der Waals surface area contributed by atoms with Crippen molar-refractivity contribution in [2.45, 2.75) is 0 Å². The van der Waals surface area contributed by atoms with E-state index in [2.05, 4.69) is 9.97 Å². The average molecular weight is 227 g/mol. The summed E-state index contributed by atoms with van der Waals surface area (Å²) in [6, 6.07) is 11.0. The zero-order chi connectivity index (χ0) is 11.8. The number of benzene rings is 1. The normalized spacial score (nSPS) is 10.9. The monoisotopic (exact) mass is 227 g/mol. The zero-order valence-corrected chi connectivity index (χ0v) is 9.26. The van der Waals surface area contributed by atoms with E-state index in [9.17, 15) is 4.39 Å². The molecule has 2 heterocycles. The van der Waals surface area contributed by atoms with E-state index in [4.69, 9.17) is 0 Å². The van der Waals surface area contributed by atoms with Crippen molar-refractivity contribution >= 4 is 11.0 Å². The Kier molecular flexibility index (Phi) is 2.14. The van der Waals surface area contributed by atoms with Crippen molar-refractivity contribution in [3.05, 3.63) is 48.5 Å². The highest BCUT2D eigenvalue weighted by molar-refractivity contribution is 5.80. The molecule has 0 fully saturated rings. The molecule has 4 heteroatoms. The number of aromatic nitrogens is 3. The van der Waals surface area contributed by atoms with E-state index in [-0.39, 0.29) is 0 Å². The Hall–Kier alpha value is -2.23. The second-order valence-electron chi connectivity index (χ2n) is 3.85. The predicted molar refractivity (Wildman–Crippen MR) is 63.9 cm³/mol. The van der Waals surface area contributed by atoms with E-state index in [1.807, 2.05) is 35.9 Å². The molecule has 3 rings (SSSR count). The lowest BCUT2D eigenvalue weighted by Crippen LogP contribution is -1.93. The van der Waals surface area contributed by atoms with Gasteiger partial charge in [0, 0.05) is 24.9 Å². The van der Waals surface area contributed by atoms with Crippen LogP contribution in [-0.4, -0.2) is 14.5 Å². The maximum atomic E-state index is 13.1. The second kappa shape index (κ2) is 3.66. The van der Waals surface area contributed by atoms with Crippen LogP contribution >= 0.6 is 0 Å². The minimum atomic E-state index is -0.491. The summed E-state index contributed by atoms with van der Waals surface area (Å²) >= 11 is 0. The standard InChI is InChI=1S/C13H10FN3/c1-17-11-5-3-2-4-10(11)16-13(17)9-6-7-15-12(14)8-9/h2-8H,1H3. The fraction of sp³-hybridized carbons (Fsp3) is 0.0769. The van der Waals surface area contributed by atoms with E-state index in [0.717, 1.165) is 22.4 Å². The van der Waals surface area contributed by atoms with Gasteiger partial charge in [-0.25, -0.2) is 9.97 Å². The summed E-state index contributed by atoms with van der Waals surface area (Å²) in [6.07, 6.45) is 1.45. The van der Waals surface area contributed by atoms with Crippen molar-refractivity contribution in [2.75, 3.05) is 0 Å².